The van der Waals surface area contributed by atoms with Crippen LogP contribution in [0.4, 0.5) is 0 Å². The second kappa shape index (κ2) is 7.82. The molecule has 1 amide bonds. The lowest BCUT2D eigenvalue weighted by Gasteiger charge is -2.14. The van der Waals surface area contributed by atoms with E-state index in [1.54, 1.807) is 36.4 Å². The van der Waals surface area contributed by atoms with E-state index in [9.17, 15) is 9.59 Å². The summed E-state index contributed by atoms with van der Waals surface area (Å²) >= 11 is 0. The fourth-order valence-corrected chi connectivity index (χ4v) is 3.32. The number of amides is 1. The monoisotopic (exact) mass is 421 g/mol. The van der Waals surface area contributed by atoms with Gasteiger partial charge in [0.25, 0.3) is 5.91 Å². The molecule has 31 heavy (non-hydrogen) atoms. The van der Waals surface area contributed by atoms with Crippen LogP contribution >= 0.6 is 0 Å². The van der Waals surface area contributed by atoms with Crippen molar-refractivity contribution in [1.29, 1.82) is 0 Å². The van der Waals surface area contributed by atoms with Crippen LogP contribution < -0.4 is 25.6 Å². The van der Waals surface area contributed by atoms with Gasteiger partial charge in [0.2, 0.25) is 5.75 Å². The van der Waals surface area contributed by atoms with Crippen LogP contribution in [0, 0.1) is 0 Å². The molecular weight excluding hydrogens is 402 g/mol. The van der Waals surface area contributed by atoms with Gasteiger partial charge in [-0.1, -0.05) is 18.2 Å². The number of ether oxygens (including phenoxy) is 3. The Labute approximate surface area is 176 Å². The highest BCUT2D eigenvalue weighted by molar-refractivity contribution is 6.02. The molecule has 158 valence electrons. The van der Waals surface area contributed by atoms with Gasteiger partial charge in [-0.15, -0.1) is 0 Å². The number of nitrogens with zero attached hydrogens (tertiary/aromatic N) is 3. The molecule has 4 rings (SSSR count). The Kier molecular flexibility index (Phi) is 5.04. The molecule has 4 aromatic rings. The first kappa shape index (κ1) is 20.0. The van der Waals surface area contributed by atoms with Crippen molar-refractivity contribution in [2.24, 2.45) is 5.73 Å². The van der Waals surface area contributed by atoms with Crippen molar-refractivity contribution >= 4 is 17.1 Å². The first-order valence-electron chi connectivity index (χ1n) is 9.16. The largest absolute Gasteiger partial charge is 0.493 e. The van der Waals surface area contributed by atoms with Crippen molar-refractivity contribution in [2.75, 3.05) is 21.3 Å². The minimum atomic E-state index is -0.803. The summed E-state index contributed by atoms with van der Waals surface area (Å²) in [5, 5.41) is 0. The second-order valence-corrected chi connectivity index (χ2v) is 6.47. The fourth-order valence-electron chi connectivity index (χ4n) is 3.32. The van der Waals surface area contributed by atoms with E-state index in [0.717, 1.165) is 0 Å². The molecule has 10 heteroatoms. The van der Waals surface area contributed by atoms with E-state index >= 15 is 0 Å². The highest BCUT2D eigenvalue weighted by Gasteiger charge is 2.22. The van der Waals surface area contributed by atoms with Crippen LogP contribution in [-0.4, -0.2) is 46.8 Å². The van der Waals surface area contributed by atoms with Crippen molar-refractivity contribution in [3.05, 3.63) is 58.6 Å². The van der Waals surface area contributed by atoms with Gasteiger partial charge in [0.1, 0.15) is 5.52 Å². The molecule has 0 aliphatic carbocycles. The minimum Gasteiger partial charge on any atom is -0.493 e. The van der Waals surface area contributed by atoms with Crippen LogP contribution in [0.5, 0.6) is 17.2 Å². The number of rotatable bonds is 6. The average Bonchev–Trinajstić information content (AvgIpc) is 3.13. The smallest absolute Gasteiger partial charge is 0.332 e. The number of carbonyl (C=O) groups is 1. The minimum absolute atomic E-state index is 0.111. The number of para-hydroxylation sites is 1. The van der Waals surface area contributed by atoms with E-state index in [1.165, 1.54) is 25.9 Å². The molecule has 10 nitrogen and oxygen atoms in total. The predicted octanol–water partition coefficient (Wildman–Crippen LogP) is 1.90. The molecule has 0 atom stereocenters. The van der Waals surface area contributed by atoms with Crippen LogP contribution in [0.25, 0.3) is 28.2 Å². The second-order valence-electron chi connectivity index (χ2n) is 6.47. The summed E-state index contributed by atoms with van der Waals surface area (Å²) in [5.74, 6) is 0.519. The maximum atomic E-state index is 12.7. The standard InChI is InChI=1S/C21H19N5O5/c1-29-13-9-11(10-14(30-2)17(13)31-3)19-23-15(18(22)27)16-20(25-19)26(21(28)24-16)12-7-5-4-6-8-12/h4-10H,1-3H3,(H2,22,27)(H,24,28). The van der Waals surface area contributed by atoms with Crippen LogP contribution in [0.15, 0.2) is 47.3 Å². The fraction of sp³-hybridized carbons (Fsp3) is 0.143. The zero-order chi connectivity index (χ0) is 22.1. The molecule has 0 bridgehead atoms. The summed E-state index contributed by atoms with van der Waals surface area (Å²) in [6.07, 6.45) is 0. The van der Waals surface area contributed by atoms with E-state index < -0.39 is 11.6 Å². The SMILES string of the molecule is COc1cc(-c2nc(C(N)=O)c3[nH]c(=O)n(-c4ccccc4)c3n2)cc(OC)c1OC. The van der Waals surface area contributed by atoms with Crippen LogP contribution in [0.1, 0.15) is 10.5 Å². The van der Waals surface area contributed by atoms with Crippen LogP contribution in [0.2, 0.25) is 0 Å². The average molecular weight is 421 g/mol. The number of nitrogens with one attached hydrogen (secondary N) is 1. The first-order valence-corrected chi connectivity index (χ1v) is 9.16. The lowest BCUT2D eigenvalue weighted by molar-refractivity contribution is 0.0997. The third-order valence-electron chi connectivity index (χ3n) is 4.71. The molecule has 3 N–H and O–H groups in total. The van der Waals surface area contributed by atoms with Crippen molar-refractivity contribution in [3.8, 4) is 34.3 Å². The zero-order valence-corrected chi connectivity index (χ0v) is 17.0. The van der Waals surface area contributed by atoms with E-state index in [2.05, 4.69) is 15.0 Å². The van der Waals surface area contributed by atoms with Gasteiger partial charge in [0.05, 0.1) is 27.0 Å². The first-order chi connectivity index (χ1) is 15.0. The topological polar surface area (TPSA) is 134 Å². The number of primary amides is 1. The Hall–Kier alpha value is -4.34. The number of hydrogen-bond acceptors (Lipinski definition) is 7. The summed E-state index contributed by atoms with van der Waals surface area (Å²) in [5.41, 5.74) is 6.38. The number of hydrogen-bond donors (Lipinski definition) is 2. The maximum absolute atomic E-state index is 12.7. The van der Waals surface area contributed by atoms with Gasteiger partial charge in [-0.2, -0.15) is 0 Å². The quantitative estimate of drug-likeness (QED) is 0.485. The lowest BCUT2D eigenvalue weighted by atomic mass is 10.1. The molecular formula is C21H19N5O5. The number of carbonyl (C=O) groups excluding carboxylic acids is 1. The molecule has 0 spiro atoms. The van der Waals surface area contributed by atoms with Gasteiger partial charge in [-0.25, -0.2) is 19.3 Å². The zero-order valence-electron chi connectivity index (χ0n) is 17.0. The Morgan fingerprint density at radius 1 is 1.00 bits per heavy atom. The van der Waals surface area contributed by atoms with Gasteiger partial charge in [0.15, 0.2) is 28.7 Å². The van der Waals surface area contributed by atoms with E-state index in [1.807, 2.05) is 6.07 Å². The molecule has 0 saturated carbocycles. The molecule has 0 aliphatic heterocycles. The number of imidazole rings is 1. The normalized spacial score (nSPS) is 10.8. The van der Waals surface area contributed by atoms with Gasteiger partial charge in [-0.3, -0.25) is 4.79 Å². The number of fused-ring (bicyclic) bond motifs is 1. The summed E-state index contributed by atoms with van der Waals surface area (Å²) in [7, 11) is 4.46. The number of aromatic amines is 1. The number of benzene rings is 2. The number of aromatic nitrogens is 4. The van der Waals surface area contributed by atoms with Crippen molar-refractivity contribution in [3.63, 3.8) is 0 Å². The Morgan fingerprint density at radius 3 is 2.19 bits per heavy atom. The van der Waals surface area contributed by atoms with Gasteiger partial charge < -0.3 is 24.9 Å². The lowest BCUT2D eigenvalue weighted by Crippen LogP contribution is -2.15. The molecule has 0 radical (unpaired) electrons. The maximum Gasteiger partial charge on any atom is 0.332 e. The highest BCUT2D eigenvalue weighted by Crippen LogP contribution is 2.40. The summed E-state index contributed by atoms with van der Waals surface area (Å²) in [4.78, 5) is 36.3. The number of methoxy groups -OCH3 is 3. The van der Waals surface area contributed by atoms with Crippen LogP contribution in [0.3, 0.4) is 0 Å². The molecule has 0 saturated heterocycles. The predicted molar refractivity (Wildman–Crippen MR) is 113 cm³/mol. The molecule has 2 aromatic heterocycles. The molecule has 0 fully saturated rings. The molecule has 2 aromatic carbocycles. The summed E-state index contributed by atoms with van der Waals surface area (Å²) in [6.45, 7) is 0. The van der Waals surface area contributed by atoms with E-state index in [0.29, 0.717) is 28.5 Å². The van der Waals surface area contributed by atoms with Gasteiger partial charge in [-0.05, 0) is 24.3 Å². The Balaban J connectivity index is 2.05. The summed E-state index contributed by atoms with van der Waals surface area (Å²) in [6, 6.07) is 12.2. The summed E-state index contributed by atoms with van der Waals surface area (Å²) < 4.78 is 17.5. The van der Waals surface area contributed by atoms with Gasteiger partial charge in [0, 0.05) is 5.56 Å². The van der Waals surface area contributed by atoms with Crippen molar-refractivity contribution in [1.82, 2.24) is 19.5 Å². The van der Waals surface area contributed by atoms with E-state index in [4.69, 9.17) is 19.9 Å². The third kappa shape index (κ3) is 3.33. The van der Waals surface area contributed by atoms with E-state index in [-0.39, 0.29) is 22.7 Å². The van der Waals surface area contributed by atoms with Crippen molar-refractivity contribution in [2.45, 2.75) is 0 Å². The Morgan fingerprint density at radius 2 is 1.65 bits per heavy atom. The third-order valence-corrected chi connectivity index (χ3v) is 4.71. The molecule has 0 aliphatic rings. The van der Waals surface area contributed by atoms with Gasteiger partial charge >= 0.3 is 5.69 Å². The van der Waals surface area contributed by atoms with Crippen molar-refractivity contribution < 1.29 is 19.0 Å². The Bertz CT molecular complexity index is 1320. The molecule has 0 unspecified atom stereocenters. The van der Waals surface area contributed by atoms with Crippen LogP contribution in [-0.2, 0) is 0 Å². The molecule has 2 heterocycles. The highest BCUT2D eigenvalue weighted by atomic mass is 16.5. The number of H-pyrrole nitrogens is 1. The number of nitrogens with two attached hydrogens (primary N) is 1.